The zero-order chi connectivity index (χ0) is 24.6. The van der Waals surface area contributed by atoms with Crippen LogP contribution in [0.25, 0.3) is 0 Å². The first-order chi connectivity index (χ1) is 15.8. The van der Waals surface area contributed by atoms with E-state index in [1.807, 2.05) is 0 Å². The van der Waals surface area contributed by atoms with E-state index < -0.39 is 11.5 Å². The van der Waals surface area contributed by atoms with Gasteiger partial charge < -0.3 is 9.84 Å². The zero-order valence-electron chi connectivity index (χ0n) is 20.6. The minimum atomic E-state index is -2.87. The molecule has 2 aromatic rings. The van der Waals surface area contributed by atoms with Crippen molar-refractivity contribution in [2.45, 2.75) is 100 Å². The van der Waals surface area contributed by atoms with Gasteiger partial charge in [0.2, 0.25) is 0 Å². The third kappa shape index (κ3) is 3.83. The van der Waals surface area contributed by atoms with Crippen LogP contribution in [0.1, 0.15) is 118 Å². The van der Waals surface area contributed by atoms with Crippen molar-refractivity contribution in [3.05, 3.63) is 63.5 Å². The summed E-state index contributed by atoms with van der Waals surface area (Å²) in [6.45, 7) is 9.73. The number of rotatable bonds is 3. The van der Waals surface area contributed by atoms with Gasteiger partial charge in [0.05, 0.1) is 11.3 Å². The van der Waals surface area contributed by atoms with Gasteiger partial charge in [-0.2, -0.15) is 0 Å². The van der Waals surface area contributed by atoms with Crippen molar-refractivity contribution >= 4 is 22.6 Å². The third-order valence-corrected chi connectivity index (χ3v) is 9.55. The molecule has 0 amide bonds. The summed E-state index contributed by atoms with van der Waals surface area (Å²) in [4.78, 5) is 5.22. The number of fused-ring (bicyclic) bond motifs is 4. The van der Waals surface area contributed by atoms with Gasteiger partial charge in [0.25, 0.3) is 5.92 Å². The van der Waals surface area contributed by atoms with E-state index in [1.165, 1.54) is 17.7 Å². The molecule has 0 radical (unpaired) electrons. The molecule has 1 aromatic carbocycles. The molecule has 3 nitrogen and oxygen atoms in total. The Morgan fingerprint density at radius 2 is 1.85 bits per heavy atom. The van der Waals surface area contributed by atoms with Crippen LogP contribution in [0.4, 0.5) is 8.78 Å². The van der Waals surface area contributed by atoms with E-state index in [0.717, 1.165) is 67.1 Å². The highest BCUT2D eigenvalue weighted by Crippen LogP contribution is 2.61. The molecule has 0 bridgehead atoms. The lowest BCUT2D eigenvalue weighted by Gasteiger charge is -2.37. The molecule has 4 atom stereocenters. The van der Waals surface area contributed by atoms with E-state index in [-0.39, 0.29) is 29.1 Å². The van der Waals surface area contributed by atoms with E-state index in [0.29, 0.717) is 3.92 Å². The van der Waals surface area contributed by atoms with Crippen LogP contribution >= 0.6 is 22.6 Å². The van der Waals surface area contributed by atoms with Crippen LogP contribution in [0, 0.1) is 5.41 Å². The lowest BCUT2D eigenvalue weighted by Crippen LogP contribution is -2.35. The number of halogens is 3. The van der Waals surface area contributed by atoms with Gasteiger partial charge in [-0.25, -0.2) is 8.78 Å². The summed E-state index contributed by atoms with van der Waals surface area (Å²) in [6, 6.07) is 6.64. The van der Waals surface area contributed by atoms with Crippen LogP contribution < -0.4 is 0 Å². The second-order valence-electron chi connectivity index (χ2n) is 11.7. The highest BCUT2D eigenvalue weighted by Gasteiger charge is 2.57. The van der Waals surface area contributed by atoms with Crippen molar-refractivity contribution in [3.63, 3.8) is 0 Å². The molecule has 2 N–H and O–H groups in total. The Balaban J connectivity index is 1.76. The molecule has 1 spiro atoms. The summed E-state index contributed by atoms with van der Waals surface area (Å²) < 4.78 is 35.1. The van der Waals surface area contributed by atoms with Gasteiger partial charge in [0.1, 0.15) is 11.7 Å². The molecule has 4 unspecified atom stereocenters. The summed E-state index contributed by atoms with van der Waals surface area (Å²) in [5.74, 6) is -2.68. The summed E-state index contributed by atoms with van der Waals surface area (Å²) in [5.41, 5.74) is 6.02. The number of hydrogen-bond donors (Lipinski definition) is 0. The predicted octanol–water partition coefficient (Wildman–Crippen LogP) is 7.36. The number of pyridine rings is 1. The largest absolute Gasteiger partial charge is 0.440 e. The maximum absolute atomic E-state index is 13.9. The molecule has 2 aliphatic carbocycles. The molecule has 1 aromatic heterocycles. The van der Waals surface area contributed by atoms with Crippen LogP contribution in [0.5, 0.6) is 0 Å². The number of hydrogen-bond acceptors (Lipinski definition) is 2. The van der Waals surface area contributed by atoms with Crippen molar-refractivity contribution in [2.75, 3.05) is 0 Å². The molecule has 1 aliphatic heterocycles. The maximum Gasteiger partial charge on any atom is 0.270 e. The fourth-order valence-corrected chi connectivity index (χ4v) is 7.61. The standard InChI is InChI=1S/C28H34F2INO2/c1-15(2)24-22-23(21-18(32-24)13-26(3,4)14-19(21)33)28(12-6-7-20(28)31)34-25(22)16-8-10-17(11-9-16)27(5,29)30/h8-11,15,19-20,25,33H,6-7,12-14H2,1-5H3/p+1. The molecule has 2 heterocycles. The van der Waals surface area contributed by atoms with E-state index in [1.54, 1.807) is 12.1 Å². The first kappa shape index (κ1) is 24.6. The van der Waals surface area contributed by atoms with Crippen LogP contribution in [-0.2, 0) is 22.7 Å². The lowest BCUT2D eigenvalue weighted by molar-refractivity contribution is -0.0517. The van der Waals surface area contributed by atoms with E-state index in [9.17, 15) is 8.78 Å². The Bertz CT molecular complexity index is 1110. The summed E-state index contributed by atoms with van der Waals surface area (Å²) in [7, 11) is 0. The monoisotopic (exact) mass is 582 g/mol. The van der Waals surface area contributed by atoms with Gasteiger partial charge in [-0.1, -0.05) is 74.6 Å². The van der Waals surface area contributed by atoms with Gasteiger partial charge in [-0.3, -0.25) is 4.98 Å². The molecule has 1 saturated carbocycles. The first-order valence-corrected chi connectivity index (χ1v) is 13.7. The maximum atomic E-state index is 13.9. The number of alkyl halides is 3. The van der Waals surface area contributed by atoms with E-state index in [4.69, 9.17) is 14.8 Å². The number of ether oxygens (including phenoxy) is 1. The Kier molecular flexibility index (Phi) is 5.93. The minimum Gasteiger partial charge on any atom is -0.440 e. The van der Waals surface area contributed by atoms with Gasteiger partial charge in [-0.15, -0.1) is 0 Å². The topological polar surface area (TPSA) is 45.0 Å². The number of aromatic nitrogens is 1. The Labute approximate surface area is 214 Å². The number of nitrogens with zero attached hydrogens (tertiary/aromatic N) is 1. The number of benzene rings is 1. The first-order valence-electron chi connectivity index (χ1n) is 12.4. The zero-order valence-corrected chi connectivity index (χ0v) is 22.8. The van der Waals surface area contributed by atoms with Crippen molar-refractivity contribution in [3.8, 4) is 0 Å². The molecule has 184 valence electrons. The van der Waals surface area contributed by atoms with Crippen molar-refractivity contribution in [2.24, 2.45) is 5.41 Å². The minimum absolute atomic E-state index is 0.0120. The predicted molar refractivity (Wildman–Crippen MR) is 139 cm³/mol. The fourth-order valence-electron chi connectivity index (χ4n) is 6.40. The quantitative estimate of drug-likeness (QED) is 0.216. The molecule has 6 heteroatoms. The van der Waals surface area contributed by atoms with E-state index in [2.05, 4.69) is 50.3 Å². The summed E-state index contributed by atoms with van der Waals surface area (Å²) in [5, 5.41) is 9.16. The Morgan fingerprint density at radius 3 is 2.41 bits per heavy atom. The van der Waals surface area contributed by atoms with Gasteiger partial charge in [0, 0.05) is 39.7 Å². The second kappa shape index (κ2) is 8.20. The van der Waals surface area contributed by atoms with Gasteiger partial charge in [0.15, 0.2) is 6.10 Å². The third-order valence-electron chi connectivity index (χ3n) is 7.92. The van der Waals surface area contributed by atoms with Gasteiger partial charge >= 0.3 is 0 Å². The van der Waals surface area contributed by atoms with Crippen LogP contribution in [0.15, 0.2) is 24.3 Å². The SMILES string of the molecule is CC(C)c1nc2c(c3c1C(c1ccc(C(C)(F)F)cc1)OC31CCCC1I)C([OH2+])CC(C)(C)C2. The highest BCUT2D eigenvalue weighted by molar-refractivity contribution is 14.1. The molecular weight excluding hydrogens is 547 g/mol. The second-order valence-corrected chi connectivity index (χ2v) is 13.2. The van der Waals surface area contributed by atoms with Crippen LogP contribution in [0.2, 0.25) is 0 Å². The average molecular weight is 582 g/mol. The molecule has 5 rings (SSSR count). The van der Waals surface area contributed by atoms with Crippen molar-refractivity contribution in [1.82, 2.24) is 4.98 Å². The summed E-state index contributed by atoms with van der Waals surface area (Å²) >= 11 is 2.54. The van der Waals surface area contributed by atoms with Crippen LogP contribution in [-0.4, -0.2) is 14.0 Å². The smallest absolute Gasteiger partial charge is 0.270 e. The summed E-state index contributed by atoms with van der Waals surface area (Å²) in [6.07, 6.45) is 4.10. The molecule has 1 fully saturated rings. The average Bonchev–Trinajstić information content (AvgIpc) is 3.27. The Morgan fingerprint density at radius 1 is 1.18 bits per heavy atom. The van der Waals surface area contributed by atoms with Crippen molar-refractivity contribution < 1.29 is 18.6 Å². The normalized spacial score (nSPS) is 30.1. The molecule has 3 aliphatic rings. The molecule has 0 saturated heterocycles. The van der Waals surface area contributed by atoms with E-state index >= 15 is 0 Å². The lowest BCUT2D eigenvalue weighted by atomic mass is 9.70. The van der Waals surface area contributed by atoms with Crippen LogP contribution in [0.3, 0.4) is 0 Å². The Hall–Kier alpha value is -1.12. The van der Waals surface area contributed by atoms with Crippen molar-refractivity contribution in [1.29, 1.82) is 0 Å². The fraction of sp³-hybridized carbons (Fsp3) is 0.607. The molecule has 34 heavy (non-hydrogen) atoms. The molecular formula is C28H35F2INO2+. The highest BCUT2D eigenvalue weighted by atomic mass is 127. The van der Waals surface area contributed by atoms with Gasteiger partial charge in [-0.05, 0) is 42.6 Å².